The van der Waals surface area contributed by atoms with Crippen LogP contribution < -0.4 is 5.73 Å². The maximum Gasteiger partial charge on any atom is 0.226 e. The predicted octanol–water partition coefficient (Wildman–Crippen LogP) is 1.43. The highest BCUT2D eigenvalue weighted by molar-refractivity contribution is 6.28. The highest BCUT2D eigenvalue weighted by Crippen LogP contribution is 2.44. The van der Waals surface area contributed by atoms with Crippen LogP contribution >= 0.6 is 11.6 Å². The molecule has 2 aromatic heterocycles. The minimum Gasteiger partial charge on any atom is -0.394 e. The number of ether oxygens (including phenoxy) is 3. The molecule has 1 aromatic carbocycles. The number of aliphatic hydroxyl groups is 1. The van der Waals surface area contributed by atoms with Crippen molar-refractivity contribution in [2.45, 2.75) is 30.8 Å². The Morgan fingerprint density at radius 3 is 2.67 bits per heavy atom. The van der Waals surface area contributed by atoms with Crippen molar-refractivity contribution in [3.05, 3.63) is 47.5 Å². The van der Waals surface area contributed by atoms with Crippen molar-refractivity contribution in [3.8, 4) is 0 Å². The second-order valence-electron chi connectivity index (χ2n) is 6.39. The Balaban J connectivity index is 1.52. The normalized spacial score (nSPS) is 30.1. The summed E-state index contributed by atoms with van der Waals surface area (Å²) in [4.78, 5) is 12.4. The summed E-state index contributed by atoms with van der Waals surface area (Å²) in [7, 11) is 0. The first-order valence-corrected chi connectivity index (χ1v) is 8.81. The first kappa shape index (κ1) is 16.8. The van der Waals surface area contributed by atoms with Crippen molar-refractivity contribution in [3.63, 3.8) is 0 Å². The molecular weight excluding hydrogens is 374 g/mol. The molecule has 0 spiro atoms. The number of nitrogens with zero attached hydrogens (tertiary/aromatic N) is 4. The van der Waals surface area contributed by atoms with E-state index in [-0.39, 0.29) is 17.7 Å². The van der Waals surface area contributed by atoms with Gasteiger partial charge in [-0.25, -0.2) is 4.98 Å². The number of hydrogen-bond acceptors (Lipinski definition) is 8. The van der Waals surface area contributed by atoms with Crippen molar-refractivity contribution in [2.24, 2.45) is 0 Å². The number of aromatic nitrogens is 4. The van der Waals surface area contributed by atoms with Gasteiger partial charge in [0.05, 0.1) is 12.9 Å². The van der Waals surface area contributed by atoms with Crippen LogP contribution in [-0.2, 0) is 14.2 Å². The van der Waals surface area contributed by atoms with E-state index in [1.165, 1.54) is 0 Å². The van der Waals surface area contributed by atoms with Crippen molar-refractivity contribution >= 4 is 28.6 Å². The Morgan fingerprint density at radius 2 is 1.89 bits per heavy atom. The molecule has 5 rings (SSSR count). The molecule has 3 aromatic rings. The van der Waals surface area contributed by atoms with E-state index < -0.39 is 30.8 Å². The zero-order chi connectivity index (χ0) is 18.5. The van der Waals surface area contributed by atoms with Crippen LogP contribution in [0.4, 0.5) is 5.82 Å². The Morgan fingerprint density at radius 1 is 1.11 bits per heavy atom. The van der Waals surface area contributed by atoms with Gasteiger partial charge in [0, 0.05) is 5.56 Å². The lowest BCUT2D eigenvalue weighted by atomic mass is 10.1. The molecule has 0 aliphatic carbocycles. The van der Waals surface area contributed by atoms with Crippen molar-refractivity contribution < 1.29 is 19.3 Å². The van der Waals surface area contributed by atoms with Gasteiger partial charge in [-0.2, -0.15) is 9.97 Å². The highest BCUT2D eigenvalue weighted by atomic mass is 35.5. The molecule has 2 aliphatic heterocycles. The Labute approximate surface area is 158 Å². The molecule has 27 heavy (non-hydrogen) atoms. The van der Waals surface area contributed by atoms with Gasteiger partial charge in [-0.05, 0) is 11.6 Å². The Kier molecular flexibility index (Phi) is 3.99. The summed E-state index contributed by atoms with van der Waals surface area (Å²) < 4.78 is 19.8. The highest BCUT2D eigenvalue weighted by Gasteiger charge is 2.53. The molecule has 0 saturated carbocycles. The fourth-order valence-electron chi connectivity index (χ4n) is 3.57. The average molecular weight is 390 g/mol. The lowest BCUT2D eigenvalue weighted by Crippen LogP contribution is -2.30. The first-order chi connectivity index (χ1) is 13.2. The number of aliphatic hydroxyl groups excluding tert-OH is 1. The van der Waals surface area contributed by atoms with Crippen molar-refractivity contribution in [1.82, 2.24) is 19.5 Å². The zero-order valence-corrected chi connectivity index (χ0v) is 14.7. The number of imidazole rings is 1. The van der Waals surface area contributed by atoms with Crippen LogP contribution in [0.1, 0.15) is 18.1 Å². The van der Waals surface area contributed by atoms with E-state index in [1.807, 2.05) is 30.3 Å². The molecule has 0 bridgehead atoms. The molecule has 2 unspecified atom stereocenters. The van der Waals surface area contributed by atoms with Gasteiger partial charge < -0.3 is 25.1 Å². The summed E-state index contributed by atoms with van der Waals surface area (Å²) >= 11 is 5.95. The van der Waals surface area contributed by atoms with Gasteiger partial charge >= 0.3 is 0 Å². The second-order valence-corrected chi connectivity index (χ2v) is 6.73. The summed E-state index contributed by atoms with van der Waals surface area (Å²) in [5.41, 5.74) is 7.63. The number of rotatable bonds is 3. The minimum atomic E-state index is -0.601. The third-order valence-corrected chi connectivity index (χ3v) is 4.96. The average Bonchev–Trinajstić information content (AvgIpc) is 3.35. The molecular formula is C17H16ClN5O4. The predicted molar refractivity (Wildman–Crippen MR) is 94.7 cm³/mol. The van der Waals surface area contributed by atoms with Crippen molar-refractivity contribution in [1.29, 1.82) is 0 Å². The van der Waals surface area contributed by atoms with E-state index in [0.29, 0.717) is 11.2 Å². The number of hydrogen-bond donors (Lipinski definition) is 2. The lowest BCUT2D eigenvalue weighted by Gasteiger charge is -2.20. The van der Waals surface area contributed by atoms with E-state index in [1.54, 1.807) is 10.9 Å². The lowest BCUT2D eigenvalue weighted by molar-refractivity contribution is -0.153. The second kappa shape index (κ2) is 6.39. The number of benzene rings is 1. The molecule has 0 amide bonds. The van der Waals surface area contributed by atoms with Crippen LogP contribution in [0.15, 0.2) is 36.7 Å². The molecule has 0 radical (unpaired) electrons. The Hall–Kier alpha value is -2.30. The first-order valence-electron chi connectivity index (χ1n) is 8.43. The number of anilines is 1. The van der Waals surface area contributed by atoms with Crippen LogP contribution in [0.25, 0.3) is 11.2 Å². The van der Waals surface area contributed by atoms with Gasteiger partial charge in [0.1, 0.15) is 23.8 Å². The van der Waals surface area contributed by atoms with E-state index in [9.17, 15) is 5.11 Å². The van der Waals surface area contributed by atoms with Gasteiger partial charge in [0.25, 0.3) is 0 Å². The fourth-order valence-corrected chi connectivity index (χ4v) is 3.74. The SMILES string of the molecule is Nc1nc(Cl)nc2c1ncn2[C@@H]1O[C@H](CO)C2OC(c3ccccc3)O[C@@H]21. The monoisotopic (exact) mass is 389 g/mol. The number of halogens is 1. The van der Waals surface area contributed by atoms with Gasteiger partial charge in [-0.3, -0.25) is 4.57 Å². The van der Waals surface area contributed by atoms with Crippen LogP contribution in [0, 0.1) is 0 Å². The molecule has 10 heteroatoms. The van der Waals surface area contributed by atoms with Crippen LogP contribution in [0.3, 0.4) is 0 Å². The number of nitrogens with two attached hydrogens (primary N) is 1. The Bertz CT molecular complexity index is 984. The fraction of sp³-hybridized carbons (Fsp3) is 0.353. The zero-order valence-electron chi connectivity index (χ0n) is 14.0. The van der Waals surface area contributed by atoms with Gasteiger partial charge in [-0.15, -0.1) is 0 Å². The van der Waals surface area contributed by atoms with Crippen molar-refractivity contribution in [2.75, 3.05) is 12.3 Å². The molecule has 4 heterocycles. The third kappa shape index (κ3) is 2.67. The summed E-state index contributed by atoms with van der Waals surface area (Å²) in [6.45, 7) is -0.201. The quantitative estimate of drug-likeness (QED) is 0.646. The third-order valence-electron chi connectivity index (χ3n) is 4.79. The van der Waals surface area contributed by atoms with E-state index in [4.69, 9.17) is 31.5 Å². The smallest absolute Gasteiger partial charge is 0.226 e. The summed E-state index contributed by atoms with van der Waals surface area (Å²) in [5, 5.41) is 9.75. The van der Waals surface area contributed by atoms with E-state index >= 15 is 0 Å². The standard InChI is InChI=1S/C17H16ClN5O4/c18-17-21-13(19)10-14(22-17)23(7-20-10)15-12-11(9(6-24)25-15)26-16(27-12)8-4-2-1-3-5-8/h1-5,7,9,11-12,15-16,24H,6H2,(H2,19,21,22)/t9-,11?,12+,15-,16?/m1/s1. The maximum atomic E-state index is 9.73. The molecule has 140 valence electrons. The summed E-state index contributed by atoms with van der Waals surface area (Å²) in [5.74, 6) is 0.183. The van der Waals surface area contributed by atoms with Gasteiger partial charge in [0.2, 0.25) is 5.28 Å². The van der Waals surface area contributed by atoms with Crippen LogP contribution in [0.5, 0.6) is 0 Å². The molecule has 2 fully saturated rings. The molecule has 2 saturated heterocycles. The molecule has 3 N–H and O–H groups in total. The maximum absolute atomic E-state index is 9.73. The summed E-state index contributed by atoms with van der Waals surface area (Å²) in [6.07, 6.45) is -1.03. The van der Waals surface area contributed by atoms with Crippen LogP contribution in [0.2, 0.25) is 5.28 Å². The van der Waals surface area contributed by atoms with Crippen LogP contribution in [-0.4, -0.2) is 49.5 Å². The molecule has 9 nitrogen and oxygen atoms in total. The topological polar surface area (TPSA) is 118 Å². The largest absolute Gasteiger partial charge is 0.394 e. The van der Waals surface area contributed by atoms with E-state index in [2.05, 4.69) is 15.0 Å². The van der Waals surface area contributed by atoms with Gasteiger partial charge in [0.15, 0.2) is 24.0 Å². The minimum absolute atomic E-state index is 0.0146. The van der Waals surface area contributed by atoms with E-state index in [0.717, 1.165) is 5.56 Å². The number of nitrogen functional groups attached to an aromatic ring is 1. The number of fused-ring (bicyclic) bond motifs is 2. The molecule has 2 aliphatic rings. The summed E-state index contributed by atoms with van der Waals surface area (Å²) in [6, 6.07) is 9.61. The van der Waals surface area contributed by atoms with Gasteiger partial charge in [-0.1, -0.05) is 30.3 Å². The molecule has 5 atom stereocenters.